The molecule has 5 nitrogen and oxygen atoms in total. The second-order valence-electron chi connectivity index (χ2n) is 9.20. The molecular formula is C28H38N2O3. The zero-order valence-electron chi connectivity index (χ0n) is 20.7. The Morgan fingerprint density at radius 1 is 1.03 bits per heavy atom. The number of amides is 1. The average molecular weight is 451 g/mol. The van der Waals surface area contributed by atoms with Gasteiger partial charge in [-0.05, 0) is 88.3 Å². The molecule has 33 heavy (non-hydrogen) atoms. The van der Waals surface area contributed by atoms with E-state index in [4.69, 9.17) is 9.47 Å². The largest absolute Gasteiger partial charge is 0.493 e. The molecule has 5 heteroatoms. The van der Waals surface area contributed by atoms with Crippen LogP contribution in [0.1, 0.15) is 57.2 Å². The number of aryl methyl sites for hydroxylation is 2. The molecule has 3 rings (SSSR count). The van der Waals surface area contributed by atoms with E-state index in [9.17, 15) is 4.79 Å². The highest BCUT2D eigenvalue weighted by Gasteiger charge is 2.13. The summed E-state index contributed by atoms with van der Waals surface area (Å²) in [6.07, 6.45) is 7.87. The Morgan fingerprint density at radius 2 is 1.79 bits per heavy atom. The van der Waals surface area contributed by atoms with Gasteiger partial charge in [-0.3, -0.25) is 9.69 Å². The Kier molecular flexibility index (Phi) is 8.95. The van der Waals surface area contributed by atoms with Crippen molar-refractivity contribution in [2.75, 3.05) is 25.6 Å². The summed E-state index contributed by atoms with van der Waals surface area (Å²) in [5, 5.41) is 2.93. The van der Waals surface area contributed by atoms with Crippen LogP contribution in [0.15, 0.2) is 42.5 Å². The van der Waals surface area contributed by atoms with Crippen LogP contribution in [-0.2, 0) is 17.6 Å². The van der Waals surface area contributed by atoms with Gasteiger partial charge >= 0.3 is 0 Å². The van der Waals surface area contributed by atoms with E-state index in [1.807, 2.05) is 24.3 Å². The summed E-state index contributed by atoms with van der Waals surface area (Å²) in [5.41, 5.74) is 4.57. The topological polar surface area (TPSA) is 50.8 Å². The average Bonchev–Trinajstić information content (AvgIpc) is 3.25. The highest BCUT2D eigenvalue weighted by Crippen LogP contribution is 2.30. The highest BCUT2D eigenvalue weighted by molar-refractivity contribution is 6.02. The molecule has 1 aliphatic rings. The molecule has 0 aromatic heterocycles. The molecule has 0 unspecified atom stereocenters. The third-order valence-corrected chi connectivity index (χ3v) is 6.13. The van der Waals surface area contributed by atoms with Crippen LogP contribution in [0.3, 0.4) is 0 Å². The minimum absolute atomic E-state index is 0.170. The van der Waals surface area contributed by atoms with Crippen LogP contribution in [0.25, 0.3) is 6.08 Å². The molecule has 0 saturated carbocycles. The molecule has 1 amide bonds. The third-order valence-electron chi connectivity index (χ3n) is 6.13. The standard InChI is InChI=1S/C28H38N2O3/c1-20(2)30(21(3)4)16-7-17-33-27-19-25(13-14-26(27)32-5)29-28(31)15-11-22-10-12-23-8-6-9-24(23)18-22/h10-15,18-21H,6-9,16-17H2,1-5H3,(H,29,31). The predicted molar refractivity (Wildman–Crippen MR) is 136 cm³/mol. The molecule has 0 radical (unpaired) electrons. The van der Waals surface area contributed by atoms with Gasteiger partial charge in [0.1, 0.15) is 0 Å². The minimum atomic E-state index is -0.170. The number of ether oxygens (including phenoxy) is 2. The number of benzene rings is 2. The summed E-state index contributed by atoms with van der Waals surface area (Å²) >= 11 is 0. The lowest BCUT2D eigenvalue weighted by atomic mass is 10.1. The fourth-order valence-corrected chi connectivity index (χ4v) is 4.46. The summed E-state index contributed by atoms with van der Waals surface area (Å²) in [5.74, 6) is 1.13. The highest BCUT2D eigenvalue weighted by atomic mass is 16.5. The molecule has 0 bridgehead atoms. The van der Waals surface area contributed by atoms with Gasteiger partial charge in [0, 0.05) is 36.5 Å². The maximum absolute atomic E-state index is 12.5. The Bertz CT molecular complexity index is 958. The van der Waals surface area contributed by atoms with Crippen LogP contribution in [-0.4, -0.2) is 43.2 Å². The van der Waals surface area contributed by atoms with E-state index in [2.05, 4.69) is 56.1 Å². The molecule has 0 heterocycles. The SMILES string of the molecule is COc1ccc(NC(=O)C=Cc2ccc3c(c2)CCC3)cc1OCCCN(C(C)C)C(C)C. The quantitative estimate of drug-likeness (QED) is 0.351. The van der Waals surface area contributed by atoms with Crippen LogP contribution in [0, 0.1) is 0 Å². The number of carbonyl (C=O) groups is 1. The smallest absolute Gasteiger partial charge is 0.248 e. The van der Waals surface area contributed by atoms with Crippen LogP contribution in [0.5, 0.6) is 11.5 Å². The Hall–Kier alpha value is -2.79. The number of hydrogen-bond donors (Lipinski definition) is 1. The fraction of sp³-hybridized carbons (Fsp3) is 0.464. The van der Waals surface area contributed by atoms with Gasteiger partial charge in [-0.25, -0.2) is 0 Å². The number of nitrogens with one attached hydrogen (secondary N) is 1. The molecule has 0 aliphatic heterocycles. The first-order chi connectivity index (χ1) is 15.9. The number of carbonyl (C=O) groups excluding carboxylic acids is 1. The monoisotopic (exact) mass is 450 g/mol. The number of methoxy groups -OCH3 is 1. The zero-order valence-corrected chi connectivity index (χ0v) is 20.7. The van der Waals surface area contributed by atoms with Crippen molar-refractivity contribution in [2.45, 2.75) is 65.5 Å². The Balaban J connectivity index is 1.56. The summed E-state index contributed by atoms with van der Waals surface area (Å²) in [7, 11) is 1.62. The van der Waals surface area contributed by atoms with Gasteiger partial charge < -0.3 is 14.8 Å². The van der Waals surface area contributed by atoms with Gasteiger partial charge in [0.15, 0.2) is 11.5 Å². The minimum Gasteiger partial charge on any atom is -0.493 e. The van der Waals surface area contributed by atoms with Crippen LogP contribution in [0.4, 0.5) is 5.69 Å². The predicted octanol–water partition coefficient (Wildman–Crippen LogP) is 5.72. The number of anilines is 1. The van der Waals surface area contributed by atoms with Gasteiger partial charge in [0.2, 0.25) is 5.91 Å². The van der Waals surface area contributed by atoms with Crippen molar-refractivity contribution in [3.8, 4) is 11.5 Å². The van der Waals surface area contributed by atoms with Gasteiger partial charge in [-0.2, -0.15) is 0 Å². The van der Waals surface area contributed by atoms with Crippen molar-refractivity contribution in [2.24, 2.45) is 0 Å². The number of nitrogens with zero attached hydrogens (tertiary/aromatic N) is 1. The Morgan fingerprint density at radius 3 is 2.52 bits per heavy atom. The number of rotatable bonds is 11. The van der Waals surface area contributed by atoms with Crippen molar-refractivity contribution in [1.29, 1.82) is 0 Å². The summed E-state index contributed by atoms with van der Waals surface area (Å²) in [4.78, 5) is 14.9. The normalized spacial score (nSPS) is 13.2. The Labute approximate surface area is 198 Å². The van der Waals surface area contributed by atoms with Gasteiger partial charge in [0.05, 0.1) is 13.7 Å². The van der Waals surface area contributed by atoms with Crippen LogP contribution in [0.2, 0.25) is 0 Å². The molecule has 0 saturated heterocycles. The van der Waals surface area contributed by atoms with Gasteiger partial charge in [-0.1, -0.05) is 18.2 Å². The van der Waals surface area contributed by atoms with E-state index < -0.39 is 0 Å². The summed E-state index contributed by atoms with van der Waals surface area (Å²) in [6, 6.07) is 12.9. The van der Waals surface area contributed by atoms with E-state index in [1.165, 1.54) is 17.5 Å². The molecule has 0 spiro atoms. The molecule has 2 aromatic rings. The molecular weight excluding hydrogens is 412 g/mol. The lowest BCUT2D eigenvalue weighted by Gasteiger charge is -2.30. The molecule has 1 aliphatic carbocycles. The first-order valence-electron chi connectivity index (χ1n) is 12.0. The van der Waals surface area contributed by atoms with E-state index in [0.717, 1.165) is 31.4 Å². The second kappa shape index (κ2) is 11.9. The zero-order chi connectivity index (χ0) is 23.8. The molecule has 178 valence electrons. The third kappa shape index (κ3) is 7.10. The first kappa shape index (κ1) is 24.8. The fourth-order valence-electron chi connectivity index (χ4n) is 4.46. The van der Waals surface area contributed by atoms with E-state index in [1.54, 1.807) is 13.2 Å². The maximum atomic E-state index is 12.5. The molecule has 0 fully saturated rings. The first-order valence-corrected chi connectivity index (χ1v) is 12.0. The van der Waals surface area contributed by atoms with Crippen molar-refractivity contribution in [3.63, 3.8) is 0 Å². The lowest BCUT2D eigenvalue weighted by Crippen LogP contribution is -2.38. The van der Waals surface area contributed by atoms with E-state index >= 15 is 0 Å². The second-order valence-corrected chi connectivity index (χ2v) is 9.20. The lowest BCUT2D eigenvalue weighted by molar-refractivity contribution is -0.111. The van der Waals surface area contributed by atoms with Crippen LogP contribution < -0.4 is 14.8 Å². The van der Waals surface area contributed by atoms with Crippen molar-refractivity contribution in [3.05, 3.63) is 59.2 Å². The van der Waals surface area contributed by atoms with Crippen LogP contribution >= 0.6 is 0 Å². The van der Waals surface area contributed by atoms with Crippen molar-refractivity contribution in [1.82, 2.24) is 4.90 Å². The molecule has 1 N–H and O–H groups in total. The molecule has 2 aromatic carbocycles. The van der Waals surface area contributed by atoms with Gasteiger partial charge in [-0.15, -0.1) is 0 Å². The van der Waals surface area contributed by atoms with Gasteiger partial charge in [0.25, 0.3) is 0 Å². The maximum Gasteiger partial charge on any atom is 0.248 e. The van der Waals surface area contributed by atoms with Crippen molar-refractivity contribution < 1.29 is 14.3 Å². The number of fused-ring (bicyclic) bond motifs is 1. The summed E-state index contributed by atoms with van der Waals surface area (Å²) in [6.45, 7) is 10.4. The van der Waals surface area contributed by atoms with E-state index in [-0.39, 0.29) is 5.91 Å². The number of hydrogen-bond acceptors (Lipinski definition) is 4. The summed E-state index contributed by atoms with van der Waals surface area (Å²) < 4.78 is 11.5. The molecule has 0 atom stereocenters. The van der Waals surface area contributed by atoms with Crippen molar-refractivity contribution >= 4 is 17.7 Å². The van der Waals surface area contributed by atoms with E-state index in [0.29, 0.717) is 35.9 Å².